The zero-order chi connectivity index (χ0) is 21.9. The Labute approximate surface area is 186 Å². The number of amides is 2. The lowest BCUT2D eigenvalue weighted by Crippen LogP contribution is -2.46. The minimum atomic E-state index is -0.255. The number of carbonyl (C=O) groups is 2. The molecular formula is C24H26N4O4. The molecule has 5 rings (SSSR count). The molecule has 166 valence electrons. The van der Waals surface area contributed by atoms with Crippen molar-refractivity contribution in [3.63, 3.8) is 0 Å². The Kier molecular flexibility index (Phi) is 5.85. The summed E-state index contributed by atoms with van der Waals surface area (Å²) in [6.45, 7) is 1.57. The number of nitrogens with zero attached hydrogens (tertiary/aromatic N) is 4. The minimum Gasteiger partial charge on any atom is -0.467 e. The summed E-state index contributed by atoms with van der Waals surface area (Å²) in [7, 11) is 0. The highest BCUT2D eigenvalue weighted by Gasteiger charge is 2.36. The number of fused-ring (bicyclic) bond motifs is 1. The fraction of sp³-hybridized carbons (Fsp3) is 0.417. The summed E-state index contributed by atoms with van der Waals surface area (Å²) in [5.41, 5.74) is 1.66. The number of aromatic nitrogens is 2. The molecule has 2 fully saturated rings. The van der Waals surface area contributed by atoms with Crippen molar-refractivity contribution in [2.24, 2.45) is 0 Å². The van der Waals surface area contributed by atoms with Crippen molar-refractivity contribution in [1.29, 1.82) is 0 Å². The topological polar surface area (TPSA) is 88.8 Å². The molecule has 32 heavy (non-hydrogen) atoms. The molecule has 8 heteroatoms. The Bertz CT molecular complexity index is 1090. The third-order valence-electron chi connectivity index (χ3n) is 5.95. The summed E-state index contributed by atoms with van der Waals surface area (Å²) in [5.74, 6) is 0.334. The number of carbonyl (C=O) groups excluding carboxylic acids is 2. The average molecular weight is 434 g/mol. The number of para-hydroxylation sites is 2. The van der Waals surface area contributed by atoms with Gasteiger partial charge in [0.15, 0.2) is 0 Å². The van der Waals surface area contributed by atoms with E-state index in [4.69, 9.17) is 9.15 Å². The first kappa shape index (κ1) is 20.6. The molecule has 1 saturated carbocycles. The molecule has 8 nitrogen and oxygen atoms in total. The van der Waals surface area contributed by atoms with Gasteiger partial charge in [-0.15, -0.1) is 0 Å². The Balaban J connectivity index is 1.33. The van der Waals surface area contributed by atoms with Gasteiger partial charge in [-0.05, 0) is 49.9 Å². The lowest BCUT2D eigenvalue weighted by molar-refractivity contribution is -0.134. The van der Waals surface area contributed by atoms with E-state index in [1.54, 1.807) is 16.1 Å². The van der Waals surface area contributed by atoms with Crippen molar-refractivity contribution in [3.8, 4) is 0 Å². The van der Waals surface area contributed by atoms with Gasteiger partial charge in [0.1, 0.15) is 18.0 Å². The second kappa shape index (κ2) is 9.08. The molecule has 0 N–H and O–H groups in total. The molecule has 1 aliphatic carbocycles. The first-order valence-corrected chi connectivity index (χ1v) is 11.1. The van der Waals surface area contributed by atoms with E-state index in [1.165, 1.54) is 6.20 Å². The van der Waals surface area contributed by atoms with Crippen LogP contribution in [0, 0.1) is 0 Å². The maximum atomic E-state index is 13.3. The fourth-order valence-electron chi connectivity index (χ4n) is 4.09. The largest absolute Gasteiger partial charge is 0.467 e. The molecule has 3 aromatic rings. The van der Waals surface area contributed by atoms with Crippen LogP contribution < -0.4 is 0 Å². The van der Waals surface area contributed by atoms with E-state index in [-0.39, 0.29) is 36.2 Å². The van der Waals surface area contributed by atoms with Gasteiger partial charge in [-0.3, -0.25) is 14.6 Å². The van der Waals surface area contributed by atoms with Crippen molar-refractivity contribution in [2.75, 3.05) is 19.7 Å². The standard InChI is InChI=1S/C24H26N4O4/c29-23(27(14-18-5-3-11-31-18)15-19-6-4-12-32-19)16-28(17-9-10-17)24(30)22-13-25-20-7-1-2-8-21(20)26-22/h1-3,5,7-8,11,13,17,19H,4,6,9-10,12,14-16H2. The van der Waals surface area contributed by atoms with Crippen LogP contribution in [0.1, 0.15) is 41.9 Å². The number of hydrogen-bond acceptors (Lipinski definition) is 6. The van der Waals surface area contributed by atoms with Gasteiger partial charge in [-0.1, -0.05) is 12.1 Å². The van der Waals surface area contributed by atoms with Gasteiger partial charge >= 0.3 is 0 Å². The lowest BCUT2D eigenvalue weighted by atomic mass is 10.2. The summed E-state index contributed by atoms with van der Waals surface area (Å²) in [5, 5.41) is 0. The Hall–Kier alpha value is -3.26. The fourth-order valence-corrected chi connectivity index (χ4v) is 4.09. The average Bonchev–Trinajstić information content (AvgIpc) is 3.28. The first-order valence-electron chi connectivity index (χ1n) is 11.1. The zero-order valence-electron chi connectivity index (χ0n) is 17.9. The molecule has 2 aromatic heterocycles. The van der Waals surface area contributed by atoms with Gasteiger partial charge in [0.2, 0.25) is 5.91 Å². The summed E-state index contributed by atoms with van der Waals surface area (Å²) in [6.07, 6.45) is 6.83. The summed E-state index contributed by atoms with van der Waals surface area (Å²) < 4.78 is 11.2. The molecule has 3 heterocycles. The zero-order valence-corrected chi connectivity index (χ0v) is 17.9. The lowest BCUT2D eigenvalue weighted by Gasteiger charge is -2.28. The van der Waals surface area contributed by atoms with E-state index in [0.717, 1.165) is 37.8 Å². The highest BCUT2D eigenvalue weighted by Crippen LogP contribution is 2.28. The highest BCUT2D eigenvalue weighted by molar-refractivity contribution is 5.96. The maximum Gasteiger partial charge on any atom is 0.274 e. The van der Waals surface area contributed by atoms with Gasteiger partial charge in [0.25, 0.3) is 5.91 Å². The van der Waals surface area contributed by atoms with Crippen molar-refractivity contribution in [1.82, 2.24) is 19.8 Å². The molecule has 1 unspecified atom stereocenters. The van der Waals surface area contributed by atoms with E-state index in [1.807, 2.05) is 36.4 Å². The van der Waals surface area contributed by atoms with Crippen LogP contribution in [-0.2, 0) is 16.1 Å². The Morgan fingerprint density at radius 1 is 1.06 bits per heavy atom. The van der Waals surface area contributed by atoms with E-state index in [9.17, 15) is 9.59 Å². The number of furan rings is 1. The predicted molar refractivity (Wildman–Crippen MR) is 117 cm³/mol. The molecule has 2 amide bonds. The number of benzene rings is 1. The summed E-state index contributed by atoms with van der Waals surface area (Å²) in [4.78, 5) is 38.9. The molecular weight excluding hydrogens is 408 g/mol. The smallest absolute Gasteiger partial charge is 0.274 e. The van der Waals surface area contributed by atoms with Crippen molar-refractivity contribution in [3.05, 3.63) is 60.3 Å². The van der Waals surface area contributed by atoms with Crippen LogP contribution in [0.4, 0.5) is 0 Å². The molecule has 1 saturated heterocycles. The SMILES string of the molecule is O=C(CN(C(=O)c1cnc2ccccc2n1)C1CC1)N(Cc1ccco1)CC1CCCO1. The number of hydrogen-bond donors (Lipinski definition) is 0. The second-order valence-electron chi connectivity index (χ2n) is 8.40. The molecule has 0 spiro atoms. The van der Waals surface area contributed by atoms with Gasteiger partial charge < -0.3 is 19.0 Å². The van der Waals surface area contributed by atoms with Crippen LogP contribution in [0.3, 0.4) is 0 Å². The molecule has 1 aliphatic heterocycles. The van der Waals surface area contributed by atoms with E-state index >= 15 is 0 Å². The van der Waals surface area contributed by atoms with Gasteiger partial charge in [-0.2, -0.15) is 0 Å². The van der Waals surface area contributed by atoms with Gasteiger partial charge in [0, 0.05) is 19.2 Å². The van der Waals surface area contributed by atoms with E-state index < -0.39 is 0 Å². The van der Waals surface area contributed by atoms with Crippen molar-refractivity contribution < 1.29 is 18.7 Å². The van der Waals surface area contributed by atoms with Crippen LogP contribution in [0.15, 0.2) is 53.3 Å². The van der Waals surface area contributed by atoms with Crippen LogP contribution in [0.5, 0.6) is 0 Å². The molecule has 2 aliphatic rings. The quantitative estimate of drug-likeness (QED) is 0.541. The third kappa shape index (κ3) is 4.65. The van der Waals surface area contributed by atoms with Gasteiger partial charge in [-0.25, -0.2) is 4.98 Å². The normalized spacial score (nSPS) is 18.1. The van der Waals surface area contributed by atoms with Gasteiger partial charge in [0.05, 0.1) is 36.1 Å². The van der Waals surface area contributed by atoms with E-state index in [0.29, 0.717) is 24.4 Å². The molecule has 1 aromatic carbocycles. The minimum absolute atomic E-state index is 0.00539. The molecule has 0 radical (unpaired) electrons. The monoisotopic (exact) mass is 434 g/mol. The van der Waals surface area contributed by atoms with Crippen molar-refractivity contribution in [2.45, 2.75) is 44.4 Å². The van der Waals surface area contributed by atoms with Crippen LogP contribution in [0.2, 0.25) is 0 Å². The van der Waals surface area contributed by atoms with E-state index in [2.05, 4.69) is 9.97 Å². The number of ether oxygens (including phenoxy) is 1. The second-order valence-corrected chi connectivity index (χ2v) is 8.40. The number of rotatable bonds is 8. The van der Waals surface area contributed by atoms with Crippen LogP contribution in [-0.4, -0.2) is 63.4 Å². The molecule has 1 atom stereocenters. The molecule has 0 bridgehead atoms. The Morgan fingerprint density at radius 3 is 2.62 bits per heavy atom. The summed E-state index contributed by atoms with van der Waals surface area (Å²) >= 11 is 0. The van der Waals surface area contributed by atoms with Crippen LogP contribution >= 0.6 is 0 Å². The van der Waals surface area contributed by atoms with Crippen LogP contribution in [0.25, 0.3) is 11.0 Å². The Morgan fingerprint density at radius 2 is 1.91 bits per heavy atom. The highest BCUT2D eigenvalue weighted by atomic mass is 16.5. The van der Waals surface area contributed by atoms with Crippen molar-refractivity contribution >= 4 is 22.8 Å². The third-order valence-corrected chi connectivity index (χ3v) is 5.95. The summed E-state index contributed by atoms with van der Waals surface area (Å²) in [6, 6.07) is 11.2. The predicted octanol–water partition coefficient (Wildman–Crippen LogP) is 3.04. The maximum absolute atomic E-state index is 13.3. The first-order chi connectivity index (χ1) is 15.7.